The fourth-order valence-electron chi connectivity index (χ4n) is 4.21. The zero-order chi connectivity index (χ0) is 20.1. The lowest BCUT2D eigenvalue weighted by Gasteiger charge is -2.35. The van der Waals surface area contributed by atoms with Gasteiger partial charge in [0.2, 0.25) is 5.91 Å². The van der Waals surface area contributed by atoms with Crippen LogP contribution in [-0.2, 0) is 24.3 Å². The van der Waals surface area contributed by atoms with Gasteiger partial charge in [-0.3, -0.25) is 4.79 Å². The van der Waals surface area contributed by atoms with Crippen molar-refractivity contribution in [3.8, 4) is 0 Å². The van der Waals surface area contributed by atoms with E-state index in [1.165, 1.54) is 19.3 Å². The Morgan fingerprint density at radius 1 is 1.07 bits per heavy atom. The summed E-state index contributed by atoms with van der Waals surface area (Å²) in [6.45, 7) is 1.38. The highest BCUT2D eigenvalue weighted by Crippen LogP contribution is 2.26. The maximum absolute atomic E-state index is 13.3. The quantitative estimate of drug-likeness (QED) is 0.444. The summed E-state index contributed by atoms with van der Waals surface area (Å²) < 4.78 is 2.22. The van der Waals surface area contributed by atoms with Crippen molar-refractivity contribution in [3.05, 3.63) is 81.3 Å². The Kier molecular flexibility index (Phi) is 6.73. The fourth-order valence-corrected chi connectivity index (χ4v) is 5.10. The summed E-state index contributed by atoms with van der Waals surface area (Å²) in [5.74, 6) is 0.241. The number of amides is 1. The number of nitrogens with zero attached hydrogens (tertiary/aromatic N) is 2. The number of halogens is 1. The van der Waals surface area contributed by atoms with Crippen LogP contribution in [0.25, 0.3) is 0 Å². The molecular formula is C24H27ClN2OS. The van der Waals surface area contributed by atoms with Crippen LogP contribution in [0.15, 0.2) is 60.1 Å². The first-order valence-electron chi connectivity index (χ1n) is 10.4. The molecule has 1 aromatic carbocycles. The number of hydrogen-bond donors (Lipinski definition) is 0. The van der Waals surface area contributed by atoms with Gasteiger partial charge in [-0.15, -0.1) is 11.3 Å². The molecule has 2 aromatic heterocycles. The average molecular weight is 427 g/mol. The van der Waals surface area contributed by atoms with E-state index in [0.717, 1.165) is 40.5 Å². The fraction of sp³-hybridized carbons (Fsp3) is 0.375. The zero-order valence-electron chi connectivity index (χ0n) is 16.6. The summed E-state index contributed by atoms with van der Waals surface area (Å²) in [6, 6.07) is 16.6. The minimum atomic E-state index is 0.241. The first-order valence-corrected chi connectivity index (χ1v) is 11.7. The molecule has 0 N–H and O–H groups in total. The number of carbonyl (C=O) groups excluding carboxylic acids is 1. The number of carbonyl (C=O) groups is 1. The highest BCUT2D eigenvalue weighted by atomic mass is 35.5. The summed E-state index contributed by atoms with van der Waals surface area (Å²) in [5, 5.41) is 2.83. The third-order valence-electron chi connectivity index (χ3n) is 5.80. The Morgan fingerprint density at radius 2 is 1.90 bits per heavy atom. The molecule has 1 fully saturated rings. The molecule has 29 heavy (non-hydrogen) atoms. The Labute approximate surface area is 181 Å². The molecule has 0 radical (unpaired) electrons. The van der Waals surface area contributed by atoms with Gasteiger partial charge in [0, 0.05) is 34.4 Å². The van der Waals surface area contributed by atoms with Crippen LogP contribution < -0.4 is 0 Å². The Balaban J connectivity index is 1.54. The van der Waals surface area contributed by atoms with Crippen molar-refractivity contribution in [2.24, 2.45) is 0 Å². The van der Waals surface area contributed by atoms with Crippen LogP contribution in [0, 0.1) is 0 Å². The molecule has 0 unspecified atom stereocenters. The molecule has 1 saturated carbocycles. The largest absolute Gasteiger partial charge is 0.345 e. The van der Waals surface area contributed by atoms with Crippen molar-refractivity contribution in [2.75, 3.05) is 0 Å². The van der Waals surface area contributed by atoms with Crippen molar-refractivity contribution in [2.45, 2.75) is 57.7 Å². The smallest absolute Gasteiger partial charge is 0.228 e. The number of rotatable bonds is 7. The lowest BCUT2D eigenvalue weighted by molar-refractivity contribution is -0.134. The third-order valence-corrected chi connectivity index (χ3v) is 7.04. The van der Waals surface area contributed by atoms with Crippen LogP contribution in [0.4, 0.5) is 0 Å². The van der Waals surface area contributed by atoms with Gasteiger partial charge in [0.25, 0.3) is 0 Å². The standard InChI is InChI=1S/C24H27ClN2OS/c25-23-13-5-4-8-19(23)17-26-14-6-11-21(26)18-27(20-9-2-1-3-10-20)24(28)16-22-12-7-15-29-22/h4-8,11-15,20H,1-3,9-10,16-18H2. The number of benzene rings is 1. The molecular weight excluding hydrogens is 400 g/mol. The van der Waals surface area contributed by atoms with Crippen molar-refractivity contribution >= 4 is 28.8 Å². The molecule has 1 amide bonds. The van der Waals surface area contributed by atoms with Gasteiger partial charge in [0.05, 0.1) is 13.0 Å². The molecule has 0 atom stereocenters. The zero-order valence-corrected chi connectivity index (χ0v) is 18.2. The van der Waals surface area contributed by atoms with Crippen LogP contribution in [0.1, 0.15) is 48.2 Å². The van der Waals surface area contributed by atoms with Crippen molar-refractivity contribution < 1.29 is 4.79 Å². The minimum absolute atomic E-state index is 0.241. The van der Waals surface area contributed by atoms with Gasteiger partial charge in [-0.25, -0.2) is 0 Å². The summed E-state index contributed by atoms with van der Waals surface area (Å²) in [5.41, 5.74) is 2.26. The molecule has 1 aliphatic carbocycles. The maximum atomic E-state index is 13.3. The predicted octanol–water partition coefficient (Wildman–Crippen LogP) is 6.16. The topological polar surface area (TPSA) is 25.2 Å². The minimum Gasteiger partial charge on any atom is -0.345 e. The molecule has 0 saturated heterocycles. The second kappa shape index (κ2) is 9.64. The van der Waals surface area contributed by atoms with Crippen LogP contribution in [0.3, 0.4) is 0 Å². The Bertz CT molecular complexity index is 928. The number of thiophene rings is 1. The predicted molar refractivity (Wildman–Crippen MR) is 120 cm³/mol. The van der Waals surface area contributed by atoms with Crippen molar-refractivity contribution in [3.63, 3.8) is 0 Å². The molecule has 5 heteroatoms. The van der Waals surface area contributed by atoms with E-state index >= 15 is 0 Å². The van der Waals surface area contributed by atoms with Gasteiger partial charge in [-0.2, -0.15) is 0 Å². The van der Waals surface area contributed by atoms with E-state index in [-0.39, 0.29) is 5.91 Å². The number of hydrogen-bond acceptors (Lipinski definition) is 2. The lowest BCUT2D eigenvalue weighted by atomic mass is 9.93. The monoisotopic (exact) mass is 426 g/mol. The summed E-state index contributed by atoms with van der Waals surface area (Å²) in [7, 11) is 0. The van der Waals surface area contributed by atoms with Gasteiger partial charge >= 0.3 is 0 Å². The van der Waals surface area contributed by atoms with E-state index < -0.39 is 0 Å². The molecule has 3 nitrogen and oxygen atoms in total. The maximum Gasteiger partial charge on any atom is 0.228 e. The molecule has 152 valence electrons. The van der Waals surface area contributed by atoms with Crippen molar-refractivity contribution in [1.82, 2.24) is 9.47 Å². The lowest BCUT2D eigenvalue weighted by Crippen LogP contribution is -2.42. The summed E-state index contributed by atoms with van der Waals surface area (Å²) >= 11 is 8.04. The molecule has 1 aliphatic rings. The second-order valence-electron chi connectivity index (χ2n) is 7.79. The first kappa shape index (κ1) is 20.2. The second-order valence-corrected chi connectivity index (χ2v) is 9.23. The van der Waals surface area contributed by atoms with Crippen LogP contribution >= 0.6 is 22.9 Å². The third kappa shape index (κ3) is 5.12. The van der Waals surface area contributed by atoms with Gasteiger partial charge in [0.1, 0.15) is 0 Å². The number of aromatic nitrogens is 1. The molecule has 0 aliphatic heterocycles. The molecule has 2 heterocycles. The SMILES string of the molecule is O=C(Cc1cccs1)N(Cc1cccn1Cc1ccccc1Cl)C1CCCCC1. The Morgan fingerprint density at radius 3 is 2.66 bits per heavy atom. The summed E-state index contributed by atoms with van der Waals surface area (Å²) in [6.07, 6.45) is 8.53. The summed E-state index contributed by atoms with van der Waals surface area (Å²) in [4.78, 5) is 16.5. The van der Waals surface area contributed by atoms with Gasteiger partial charge in [0.15, 0.2) is 0 Å². The van der Waals surface area contributed by atoms with Gasteiger partial charge < -0.3 is 9.47 Å². The highest BCUT2D eigenvalue weighted by Gasteiger charge is 2.26. The molecule has 4 rings (SSSR count). The Hall–Kier alpha value is -2.04. The first-order chi connectivity index (χ1) is 14.2. The van der Waals surface area contributed by atoms with Crippen LogP contribution in [-0.4, -0.2) is 21.4 Å². The van der Waals surface area contributed by atoms with E-state index in [2.05, 4.69) is 39.9 Å². The van der Waals surface area contributed by atoms with E-state index in [9.17, 15) is 4.79 Å². The van der Waals surface area contributed by atoms with Crippen molar-refractivity contribution in [1.29, 1.82) is 0 Å². The van der Waals surface area contributed by atoms with E-state index in [1.807, 2.05) is 29.6 Å². The van der Waals surface area contributed by atoms with Crippen LogP contribution in [0.2, 0.25) is 5.02 Å². The molecule has 0 spiro atoms. The van der Waals surface area contributed by atoms with Crippen LogP contribution in [0.5, 0.6) is 0 Å². The average Bonchev–Trinajstić information content (AvgIpc) is 3.40. The highest BCUT2D eigenvalue weighted by molar-refractivity contribution is 7.10. The van der Waals surface area contributed by atoms with E-state index in [4.69, 9.17) is 11.6 Å². The normalized spacial score (nSPS) is 14.8. The molecule has 3 aromatic rings. The van der Waals surface area contributed by atoms with E-state index in [1.54, 1.807) is 11.3 Å². The molecule has 0 bridgehead atoms. The van der Waals surface area contributed by atoms with Gasteiger partial charge in [-0.1, -0.05) is 55.1 Å². The van der Waals surface area contributed by atoms with Gasteiger partial charge in [-0.05, 0) is 48.1 Å². The van der Waals surface area contributed by atoms with E-state index in [0.29, 0.717) is 19.0 Å².